The van der Waals surface area contributed by atoms with E-state index in [0.29, 0.717) is 10.8 Å². The van der Waals surface area contributed by atoms with E-state index in [1.165, 1.54) is 0 Å². The van der Waals surface area contributed by atoms with Crippen molar-refractivity contribution in [1.29, 1.82) is 0 Å². The molecule has 2 aliphatic rings. The summed E-state index contributed by atoms with van der Waals surface area (Å²) in [5.74, 6) is 0.803. The number of nitrogens with zero attached hydrogens (tertiary/aromatic N) is 1. The number of thioether (sulfide) groups is 1. The molecule has 0 aromatic heterocycles. The smallest absolute Gasteiger partial charge is 0.257 e. The Balaban J connectivity index is 1.87. The van der Waals surface area contributed by atoms with Crippen LogP contribution in [0.3, 0.4) is 0 Å². The van der Waals surface area contributed by atoms with Gasteiger partial charge < -0.3 is 15.3 Å². The Labute approximate surface area is 110 Å². The molecule has 0 radical (unpaired) electrons. The van der Waals surface area contributed by atoms with Gasteiger partial charge in [0, 0.05) is 41.0 Å². The predicted molar refractivity (Wildman–Crippen MR) is 74.2 cm³/mol. The molecular formula is C13H16N2O2S. The average Bonchev–Trinajstić information content (AvgIpc) is 2.65. The lowest BCUT2D eigenvalue weighted by Gasteiger charge is -2.32. The van der Waals surface area contributed by atoms with Gasteiger partial charge in [-0.05, 0) is 12.1 Å². The normalized spacial score (nSPS) is 27.0. The molecule has 4 nitrogen and oxygen atoms in total. The number of fused-ring (bicyclic) bond motifs is 1. The van der Waals surface area contributed by atoms with Gasteiger partial charge in [0.1, 0.15) is 0 Å². The summed E-state index contributed by atoms with van der Waals surface area (Å²) in [5.41, 5.74) is 2.55. The van der Waals surface area contributed by atoms with Crippen molar-refractivity contribution in [2.24, 2.45) is 0 Å². The van der Waals surface area contributed by atoms with Gasteiger partial charge in [-0.3, -0.25) is 4.79 Å². The molecule has 0 saturated carbocycles. The molecule has 1 aromatic rings. The van der Waals surface area contributed by atoms with Crippen LogP contribution >= 0.6 is 11.8 Å². The van der Waals surface area contributed by atoms with Crippen molar-refractivity contribution in [3.8, 4) is 0 Å². The van der Waals surface area contributed by atoms with Crippen molar-refractivity contribution < 1.29 is 9.90 Å². The minimum absolute atomic E-state index is 0.329. The van der Waals surface area contributed by atoms with Crippen molar-refractivity contribution in [2.45, 2.75) is 18.3 Å². The van der Waals surface area contributed by atoms with Crippen LogP contribution in [0.4, 0.5) is 11.4 Å². The molecule has 2 heterocycles. The summed E-state index contributed by atoms with van der Waals surface area (Å²) in [6, 6.07) is 5.80. The second-order valence-corrected chi connectivity index (χ2v) is 6.34. The van der Waals surface area contributed by atoms with Gasteiger partial charge in [0.15, 0.2) is 6.10 Å². The predicted octanol–water partition coefficient (Wildman–Crippen LogP) is 1.61. The number of carbonyl (C=O) groups excluding carboxylic acids is 1. The topological polar surface area (TPSA) is 52.6 Å². The van der Waals surface area contributed by atoms with Crippen LogP contribution in [0.1, 0.15) is 18.6 Å². The molecule has 1 saturated heterocycles. The molecule has 2 atom stereocenters. The zero-order valence-corrected chi connectivity index (χ0v) is 11.0. The Morgan fingerprint density at radius 1 is 1.50 bits per heavy atom. The minimum atomic E-state index is -1.01. The summed E-state index contributed by atoms with van der Waals surface area (Å²) in [7, 11) is 0. The van der Waals surface area contributed by atoms with Gasteiger partial charge in [-0.15, -0.1) is 0 Å². The third-order valence-corrected chi connectivity index (χ3v) is 4.58. The summed E-state index contributed by atoms with van der Waals surface area (Å²) in [4.78, 5) is 13.7. The van der Waals surface area contributed by atoms with Crippen LogP contribution in [-0.2, 0) is 4.79 Å². The first-order chi connectivity index (χ1) is 8.65. The molecule has 0 spiro atoms. The van der Waals surface area contributed by atoms with Crippen molar-refractivity contribution in [3.05, 3.63) is 23.8 Å². The fourth-order valence-electron chi connectivity index (χ4n) is 2.48. The summed E-state index contributed by atoms with van der Waals surface area (Å²) in [6.07, 6.45) is -1.01. The first-order valence-electron chi connectivity index (χ1n) is 6.14. The van der Waals surface area contributed by atoms with E-state index < -0.39 is 6.10 Å². The highest BCUT2D eigenvalue weighted by molar-refractivity contribution is 8.00. The quantitative estimate of drug-likeness (QED) is 0.809. The average molecular weight is 264 g/mol. The number of carbonyl (C=O) groups is 1. The molecule has 1 fully saturated rings. The molecule has 1 aromatic carbocycles. The number of nitrogens with one attached hydrogen (secondary N) is 1. The second kappa shape index (κ2) is 4.48. The SMILES string of the molecule is CC1CN(c2ccc3c(c2)NC(=O)C3O)CCS1. The van der Waals surface area contributed by atoms with E-state index in [0.717, 1.165) is 30.2 Å². The van der Waals surface area contributed by atoms with Crippen LogP contribution in [0.25, 0.3) is 0 Å². The largest absolute Gasteiger partial charge is 0.378 e. The molecule has 0 aliphatic carbocycles. The lowest BCUT2D eigenvalue weighted by molar-refractivity contribution is -0.123. The lowest BCUT2D eigenvalue weighted by atomic mass is 10.1. The van der Waals surface area contributed by atoms with Crippen molar-refractivity contribution in [1.82, 2.24) is 0 Å². The van der Waals surface area contributed by atoms with Gasteiger partial charge in [0.05, 0.1) is 0 Å². The standard InChI is InChI=1S/C13H16N2O2S/c1-8-7-15(4-5-18-8)9-2-3-10-11(6-9)14-13(17)12(10)16/h2-3,6,8,12,16H,4-5,7H2,1H3,(H,14,17). The van der Waals surface area contributed by atoms with Crippen LogP contribution in [0.15, 0.2) is 18.2 Å². The van der Waals surface area contributed by atoms with Crippen molar-refractivity contribution in [3.63, 3.8) is 0 Å². The van der Waals surface area contributed by atoms with Crippen molar-refractivity contribution >= 4 is 29.0 Å². The van der Waals surface area contributed by atoms with Crippen molar-refractivity contribution in [2.75, 3.05) is 29.1 Å². The number of amides is 1. The number of aliphatic hydroxyl groups is 1. The third-order valence-electron chi connectivity index (χ3n) is 3.44. The van der Waals surface area contributed by atoms with Gasteiger partial charge in [-0.25, -0.2) is 0 Å². The van der Waals surface area contributed by atoms with Crippen LogP contribution < -0.4 is 10.2 Å². The maximum Gasteiger partial charge on any atom is 0.257 e. The van der Waals surface area contributed by atoms with Gasteiger partial charge in [0.25, 0.3) is 5.91 Å². The summed E-state index contributed by atoms with van der Waals surface area (Å²) in [5, 5.41) is 13.0. The molecule has 1 amide bonds. The Morgan fingerprint density at radius 2 is 2.33 bits per heavy atom. The van der Waals surface area contributed by atoms with Crippen LogP contribution in [0, 0.1) is 0 Å². The first-order valence-corrected chi connectivity index (χ1v) is 7.19. The Morgan fingerprint density at radius 3 is 3.11 bits per heavy atom. The fourth-order valence-corrected chi connectivity index (χ4v) is 3.50. The zero-order valence-electron chi connectivity index (χ0n) is 10.2. The van der Waals surface area contributed by atoms with Gasteiger partial charge in [-0.1, -0.05) is 13.0 Å². The van der Waals surface area contributed by atoms with Gasteiger partial charge >= 0.3 is 0 Å². The first kappa shape index (κ1) is 11.9. The number of benzene rings is 1. The highest BCUT2D eigenvalue weighted by Crippen LogP contribution is 2.34. The van der Waals surface area contributed by atoms with E-state index in [-0.39, 0.29) is 5.91 Å². The lowest BCUT2D eigenvalue weighted by Crippen LogP contribution is -2.36. The molecule has 2 aliphatic heterocycles. The molecular weight excluding hydrogens is 248 g/mol. The van der Waals surface area contributed by atoms with E-state index in [1.54, 1.807) is 0 Å². The van der Waals surface area contributed by atoms with E-state index >= 15 is 0 Å². The maximum absolute atomic E-state index is 11.4. The highest BCUT2D eigenvalue weighted by Gasteiger charge is 2.29. The summed E-state index contributed by atoms with van der Waals surface area (Å²) >= 11 is 1.99. The zero-order chi connectivity index (χ0) is 12.7. The van der Waals surface area contributed by atoms with E-state index in [4.69, 9.17) is 0 Å². The second-order valence-electron chi connectivity index (χ2n) is 4.79. The van der Waals surface area contributed by atoms with E-state index in [1.807, 2.05) is 30.0 Å². The van der Waals surface area contributed by atoms with Crippen LogP contribution in [0.5, 0.6) is 0 Å². The maximum atomic E-state index is 11.4. The Kier molecular flexibility index (Phi) is 2.95. The molecule has 3 rings (SSSR count). The molecule has 0 bridgehead atoms. The number of aliphatic hydroxyl groups excluding tert-OH is 1. The summed E-state index contributed by atoms with van der Waals surface area (Å²) in [6.45, 7) is 4.29. The molecule has 96 valence electrons. The Bertz CT molecular complexity index is 492. The third kappa shape index (κ3) is 1.97. The minimum Gasteiger partial charge on any atom is -0.378 e. The van der Waals surface area contributed by atoms with Gasteiger partial charge in [0.2, 0.25) is 0 Å². The summed E-state index contributed by atoms with van der Waals surface area (Å²) < 4.78 is 0. The molecule has 2 unspecified atom stereocenters. The monoisotopic (exact) mass is 264 g/mol. The van der Waals surface area contributed by atoms with Crippen LogP contribution in [0.2, 0.25) is 0 Å². The number of anilines is 2. The number of rotatable bonds is 1. The van der Waals surface area contributed by atoms with Crippen LogP contribution in [-0.4, -0.2) is 35.1 Å². The fraction of sp³-hybridized carbons (Fsp3) is 0.462. The highest BCUT2D eigenvalue weighted by atomic mass is 32.2. The number of hydrogen-bond acceptors (Lipinski definition) is 4. The Hall–Kier alpha value is -1.20. The van der Waals surface area contributed by atoms with E-state index in [2.05, 4.69) is 17.1 Å². The van der Waals surface area contributed by atoms with Gasteiger partial charge in [-0.2, -0.15) is 11.8 Å². The van der Waals surface area contributed by atoms with E-state index in [9.17, 15) is 9.90 Å². The molecule has 5 heteroatoms. The molecule has 18 heavy (non-hydrogen) atoms. The number of hydrogen-bond donors (Lipinski definition) is 2. The molecule has 2 N–H and O–H groups in total.